The summed E-state index contributed by atoms with van der Waals surface area (Å²) >= 11 is 0. The van der Waals surface area contributed by atoms with E-state index in [0.717, 1.165) is 69.7 Å². The molecule has 140 valence electrons. The number of pyridine rings is 1. The molecule has 1 aliphatic heterocycles. The van der Waals surface area contributed by atoms with Gasteiger partial charge in [-0.1, -0.05) is 16.8 Å². The van der Waals surface area contributed by atoms with Crippen LogP contribution in [0, 0.1) is 34.6 Å². The average molecular weight is 363 g/mol. The van der Waals surface area contributed by atoms with Crippen LogP contribution >= 0.6 is 0 Å². The lowest BCUT2D eigenvalue weighted by Gasteiger charge is -2.25. The first-order chi connectivity index (χ1) is 12.9. The van der Waals surface area contributed by atoms with E-state index in [1.165, 1.54) is 0 Å². The van der Waals surface area contributed by atoms with E-state index < -0.39 is 0 Å². The molecular formula is C22H25N3O2. The van der Waals surface area contributed by atoms with Crippen LogP contribution in [0.5, 0.6) is 0 Å². The molecule has 3 heterocycles. The predicted molar refractivity (Wildman–Crippen MR) is 105 cm³/mol. The van der Waals surface area contributed by atoms with Crippen LogP contribution in [0.4, 0.5) is 0 Å². The monoisotopic (exact) mass is 363 g/mol. The second-order valence-corrected chi connectivity index (χ2v) is 7.68. The van der Waals surface area contributed by atoms with Gasteiger partial charge in [-0.3, -0.25) is 9.78 Å². The van der Waals surface area contributed by atoms with Gasteiger partial charge >= 0.3 is 0 Å². The molecule has 1 fully saturated rings. The van der Waals surface area contributed by atoms with Crippen molar-refractivity contribution in [3.63, 3.8) is 0 Å². The van der Waals surface area contributed by atoms with Crippen LogP contribution in [0.3, 0.4) is 0 Å². The normalized spacial score (nSPS) is 17.1. The van der Waals surface area contributed by atoms with E-state index in [1.54, 1.807) is 0 Å². The summed E-state index contributed by atoms with van der Waals surface area (Å²) in [6.07, 6.45) is 1.93. The number of carbonyl (C=O) groups is 1. The third-order valence-electron chi connectivity index (χ3n) is 5.54. The summed E-state index contributed by atoms with van der Waals surface area (Å²) in [5.74, 6) is 0.873. The Morgan fingerprint density at radius 2 is 1.93 bits per heavy atom. The van der Waals surface area contributed by atoms with Gasteiger partial charge in [0.2, 0.25) is 0 Å². The predicted octanol–water partition coefficient (Wildman–Crippen LogP) is 4.74. The first-order valence-corrected chi connectivity index (χ1v) is 9.49. The van der Waals surface area contributed by atoms with Gasteiger partial charge in [0, 0.05) is 23.2 Å². The Labute approximate surface area is 159 Å². The van der Waals surface area contributed by atoms with E-state index in [-0.39, 0.29) is 11.9 Å². The zero-order chi connectivity index (χ0) is 19.3. The van der Waals surface area contributed by atoms with Gasteiger partial charge in [0.05, 0.1) is 22.8 Å². The van der Waals surface area contributed by atoms with Crippen molar-refractivity contribution in [2.45, 2.75) is 53.5 Å². The zero-order valence-corrected chi connectivity index (χ0v) is 16.6. The number of hydrogen-bond acceptors (Lipinski definition) is 4. The molecule has 0 spiro atoms. The van der Waals surface area contributed by atoms with Gasteiger partial charge in [-0.25, -0.2) is 0 Å². The van der Waals surface area contributed by atoms with Gasteiger partial charge in [-0.2, -0.15) is 0 Å². The van der Waals surface area contributed by atoms with E-state index in [4.69, 9.17) is 4.52 Å². The SMILES string of the molecule is Cc1cc(C)c2nc(C)cc(C(=O)N3CCC[C@@H]3c3c(C)noc3C)c2c1. The Morgan fingerprint density at radius 1 is 1.15 bits per heavy atom. The minimum Gasteiger partial charge on any atom is -0.361 e. The number of hydrogen-bond donors (Lipinski definition) is 0. The first-order valence-electron chi connectivity index (χ1n) is 9.49. The number of aromatic nitrogens is 2. The van der Waals surface area contributed by atoms with Gasteiger partial charge in [0.25, 0.3) is 5.91 Å². The van der Waals surface area contributed by atoms with Crippen molar-refractivity contribution in [3.05, 3.63) is 57.6 Å². The van der Waals surface area contributed by atoms with Crippen LogP contribution in [0.15, 0.2) is 22.7 Å². The fourth-order valence-corrected chi connectivity index (χ4v) is 4.42. The number of benzene rings is 1. The first kappa shape index (κ1) is 17.7. The molecule has 1 amide bonds. The highest BCUT2D eigenvalue weighted by molar-refractivity contribution is 6.07. The largest absolute Gasteiger partial charge is 0.361 e. The smallest absolute Gasteiger partial charge is 0.255 e. The number of likely N-dealkylation sites (tertiary alicyclic amines) is 1. The van der Waals surface area contributed by atoms with Gasteiger partial charge in [0.1, 0.15) is 5.76 Å². The van der Waals surface area contributed by atoms with Crippen molar-refractivity contribution >= 4 is 16.8 Å². The maximum absolute atomic E-state index is 13.6. The molecule has 0 radical (unpaired) electrons. The molecule has 0 aliphatic carbocycles. The highest BCUT2D eigenvalue weighted by Crippen LogP contribution is 2.37. The molecule has 27 heavy (non-hydrogen) atoms. The molecule has 3 aromatic rings. The Balaban J connectivity index is 1.83. The summed E-state index contributed by atoms with van der Waals surface area (Å²) in [7, 11) is 0. The topological polar surface area (TPSA) is 59.2 Å². The quantitative estimate of drug-likeness (QED) is 0.660. The summed E-state index contributed by atoms with van der Waals surface area (Å²) in [6, 6.07) is 6.14. The fraction of sp³-hybridized carbons (Fsp3) is 0.409. The second-order valence-electron chi connectivity index (χ2n) is 7.68. The maximum Gasteiger partial charge on any atom is 0.255 e. The average Bonchev–Trinajstić information content (AvgIpc) is 3.20. The third kappa shape index (κ3) is 2.91. The van der Waals surface area contributed by atoms with Crippen LogP contribution in [0.25, 0.3) is 10.9 Å². The van der Waals surface area contributed by atoms with Gasteiger partial charge in [0.15, 0.2) is 0 Å². The molecule has 2 aromatic heterocycles. The number of amides is 1. The minimum absolute atomic E-state index is 0.0261. The number of rotatable bonds is 2. The lowest BCUT2D eigenvalue weighted by Crippen LogP contribution is -2.31. The highest BCUT2D eigenvalue weighted by Gasteiger charge is 2.35. The Hall–Kier alpha value is -2.69. The van der Waals surface area contributed by atoms with Crippen molar-refractivity contribution < 1.29 is 9.32 Å². The Kier molecular flexibility index (Phi) is 4.25. The Morgan fingerprint density at radius 3 is 2.63 bits per heavy atom. The van der Waals surface area contributed by atoms with Crippen LogP contribution in [-0.2, 0) is 0 Å². The van der Waals surface area contributed by atoms with Crippen LogP contribution in [0.1, 0.15) is 63.1 Å². The highest BCUT2D eigenvalue weighted by atomic mass is 16.5. The van der Waals surface area contributed by atoms with Crippen LogP contribution in [0.2, 0.25) is 0 Å². The van der Waals surface area contributed by atoms with Gasteiger partial charge in [-0.15, -0.1) is 0 Å². The molecular weight excluding hydrogens is 338 g/mol. The van der Waals surface area contributed by atoms with Crippen molar-refractivity contribution in [2.24, 2.45) is 0 Å². The lowest BCUT2D eigenvalue weighted by molar-refractivity contribution is 0.0736. The van der Waals surface area contributed by atoms with Crippen molar-refractivity contribution in [1.29, 1.82) is 0 Å². The maximum atomic E-state index is 13.6. The summed E-state index contributed by atoms with van der Waals surface area (Å²) in [6.45, 7) is 10.7. The van der Waals surface area contributed by atoms with Crippen molar-refractivity contribution in [1.82, 2.24) is 15.0 Å². The summed E-state index contributed by atoms with van der Waals surface area (Å²) in [5.41, 5.74) is 6.70. The van der Waals surface area contributed by atoms with Gasteiger partial charge in [-0.05, 0) is 65.2 Å². The minimum atomic E-state index is 0.0261. The van der Waals surface area contributed by atoms with E-state index in [9.17, 15) is 4.79 Å². The van der Waals surface area contributed by atoms with E-state index in [1.807, 2.05) is 31.7 Å². The number of aryl methyl sites for hydroxylation is 5. The van der Waals surface area contributed by atoms with Gasteiger partial charge < -0.3 is 9.42 Å². The molecule has 4 rings (SSSR count). The van der Waals surface area contributed by atoms with Crippen LogP contribution < -0.4 is 0 Å². The van der Waals surface area contributed by atoms with Crippen LogP contribution in [-0.4, -0.2) is 27.5 Å². The standard InChI is InChI=1S/C22H25N3O2/c1-12-9-13(2)21-17(10-12)18(11-14(3)23-21)22(26)25-8-6-7-19(25)20-15(4)24-27-16(20)5/h9-11,19H,6-8H2,1-5H3/t19-/m1/s1. The number of carbonyl (C=O) groups excluding carboxylic acids is 1. The van der Waals surface area contributed by atoms with Crippen molar-refractivity contribution in [3.8, 4) is 0 Å². The molecule has 1 atom stereocenters. The van der Waals surface area contributed by atoms with Crippen molar-refractivity contribution in [2.75, 3.05) is 6.54 Å². The molecule has 1 aromatic carbocycles. The number of fused-ring (bicyclic) bond motifs is 1. The molecule has 0 bridgehead atoms. The fourth-order valence-electron chi connectivity index (χ4n) is 4.42. The molecule has 5 nitrogen and oxygen atoms in total. The lowest BCUT2D eigenvalue weighted by atomic mass is 9.99. The molecule has 0 unspecified atom stereocenters. The summed E-state index contributed by atoms with van der Waals surface area (Å²) in [5, 5.41) is 5.03. The second kappa shape index (κ2) is 6.48. The molecule has 1 aliphatic rings. The van der Waals surface area contributed by atoms with E-state index in [0.29, 0.717) is 0 Å². The van der Waals surface area contributed by atoms with E-state index in [2.05, 4.69) is 36.1 Å². The number of nitrogens with zero attached hydrogens (tertiary/aromatic N) is 3. The third-order valence-corrected chi connectivity index (χ3v) is 5.54. The zero-order valence-electron chi connectivity index (χ0n) is 16.6. The molecule has 1 saturated heterocycles. The van der Waals surface area contributed by atoms with E-state index >= 15 is 0 Å². The molecule has 0 N–H and O–H groups in total. The summed E-state index contributed by atoms with van der Waals surface area (Å²) < 4.78 is 5.36. The Bertz CT molecular complexity index is 1030. The molecule has 0 saturated carbocycles. The summed E-state index contributed by atoms with van der Waals surface area (Å²) in [4.78, 5) is 20.3. The molecule has 5 heteroatoms.